The van der Waals surface area contributed by atoms with E-state index in [1.807, 2.05) is 41.1 Å². The highest BCUT2D eigenvalue weighted by atomic mass is 32.1. The standard InChI is InChI=1S/C18H20N6OS/c19-15(25)12-23-10-8-20-16(23)14-7-4-9-24(11-14)18-22-21-17(26-18)13-5-2-1-3-6-13/h1-3,5-6,8,10,14H,4,7,9,11-12H2,(H2,19,25)/t14-/m1/s1. The number of rotatable bonds is 5. The fourth-order valence-corrected chi connectivity index (χ4v) is 4.27. The van der Waals surface area contributed by atoms with Crippen LogP contribution in [0.25, 0.3) is 10.6 Å². The summed E-state index contributed by atoms with van der Waals surface area (Å²) in [6.07, 6.45) is 5.64. The fraction of sp³-hybridized carbons (Fsp3) is 0.333. The third-order valence-electron chi connectivity index (χ3n) is 4.57. The molecule has 1 saturated heterocycles. The molecule has 8 heteroatoms. The molecule has 0 saturated carbocycles. The number of nitrogens with zero attached hydrogens (tertiary/aromatic N) is 5. The SMILES string of the molecule is NC(=O)Cn1ccnc1[C@@H]1CCCN(c2nnc(-c3ccccc3)s2)C1. The van der Waals surface area contributed by atoms with Gasteiger partial charge in [-0.2, -0.15) is 0 Å². The van der Waals surface area contributed by atoms with Crippen molar-refractivity contribution in [2.75, 3.05) is 18.0 Å². The smallest absolute Gasteiger partial charge is 0.237 e. The Kier molecular flexibility index (Phi) is 4.66. The largest absolute Gasteiger partial charge is 0.368 e. The Morgan fingerprint density at radius 3 is 2.92 bits per heavy atom. The first-order valence-electron chi connectivity index (χ1n) is 8.64. The number of anilines is 1. The highest BCUT2D eigenvalue weighted by Crippen LogP contribution is 2.33. The Bertz CT molecular complexity index is 890. The van der Waals surface area contributed by atoms with Crippen molar-refractivity contribution < 1.29 is 4.79 Å². The van der Waals surface area contributed by atoms with E-state index in [0.717, 1.165) is 47.5 Å². The number of nitrogens with two attached hydrogens (primary N) is 1. The molecule has 1 aliphatic rings. The van der Waals surface area contributed by atoms with Gasteiger partial charge in [-0.15, -0.1) is 10.2 Å². The highest BCUT2D eigenvalue weighted by molar-refractivity contribution is 7.18. The molecular formula is C18H20N6OS. The van der Waals surface area contributed by atoms with Gasteiger partial charge < -0.3 is 15.2 Å². The summed E-state index contributed by atoms with van der Waals surface area (Å²) in [6, 6.07) is 10.1. The summed E-state index contributed by atoms with van der Waals surface area (Å²) in [5.74, 6) is 0.817. The normalized spacial score (nSPS) is 17.4. The summed E-state index contributed by atoms with van der Waals surface area (Å²) in [5, 5.41) is 10.6. The lowest BCUT2D eigenvalue weighted by Gasteiger charge is -2.32. The molecule has 0 radical (unpaired) electrons. The molecule has 0 unspecified atom stereocenters. The third kappa shape index (κ3) is 3.45. The minimum absolute atomic E-state index is 0.169. The fourth-order valence-electron chi connectivity index (χ4n) is 3.38. The van der Waals surface area contributed by atoms with E-state index in [2.05, 4.69) is 20.1 Å². The van der Waals surface area contributed by atoms with Gasteiger partial charge in [0.15, 0.2) is 0 Å². The average Bonchev–Trinajstić information content (AvgIpc) is 3.32. The zero-order chi connectivity index (χ0) is 17.9. The number of amides is 1. The molecule has 4 rings (SSSR count). The van der Waals surface area contributed by atoms with Crippen molar-refractivity contribution >= 4 is 22.4 Å². The van der Waals surface area contributed by atoms with E-state index >= 15 is 0 Å². The Morgan fingerprint density at radius 1 is 1.27 bits per heavy atom. The second kappa shape index (κ2) is 7.25. The van der Waals surface area contributed by atoms with Gasteiger partial charge in [0, 0.05) is 37.0 Å². The number of primary amides is 1. The number of benzene rings is 1. The van der Waals surface area contributed by atoms with E-state index in [1.165, 1.54) is 0 Å². The van der Waals surface area contributed by atoms with Crippen molar-refractivity contribution in [2.45, 2.75) is 25.3 Å². The summed E-state index contributed by atoms with van der Waals surface area (Å²) in [5.41, 5.74) is 6.43. The molecule has 1 fully saturated rings. The van der Waals surface area contributed by atoms with E-state index in [9.17, 15) is 4.79 Å². The van der Waals surface area contributed by atoms with Gasteiger partial charge in [-0.3, -0.25) is 4.79 Å². The molecule has 26 heavy (non-hydrogen) atoms. The minimum atomic E-state index is -0.353. The van der Waals surface area contributed by atoms with Gasteiger partial charge in [0.2, 0.25) is 11.0 Å². The second-order valence-corrected chi connectivity index (χ2v) is 7.38. The van der Waals surface area contributed by atoms with Crippen LogP contribution in [0.15, 0.2) is 42.7 Å². The van der Waals surface area contributed by atoms with E-state index in [1.54, 1.807) is 17.5 Å². The number of piperidine rings is 1. The molecule has 2 aromatic heterocycles. The van der Waals surface area contributed by atoms with Gasteiger partial charge in [0.1, 0.15) is 17.4 Å². The summed E-state index contributed by atoms with van der Waals surface area (Å²) >= 11 is 1.61. The molecule has 1 amide bonds. The van der Waals surface area contributed by atoms with E-state index in [0.29, 0.717) is 0 Å². The third-order valence-corrected chi connectivity index (χ3v) is 5.60. The quantitative estimate of drug-likeness (QED) is 0.746. The van der Waals surface area contributed by atoms with E-state index in [4.69, 9.17) is 5.73 Å². The van der Waals surface area contributed by atoms with Crippen LogP contribution in [0.2, 0.25) is 0 Å². The number of hydrogen-bond donors (Lipinski definition) is 1. The maximum absolute atomic E-state index is 11.3. The average molecular weight is 368 g/mol. The minimum Gasteiger partial charge on any atom is -0.368 e. The predicted molar refractivity (Wildman–Crippen MR) is 101 cm³/mol. The number of aromatic nitrogens is 4. The van der Waals surface area contributed by atoms with Crippen LogP contribution in [-0.4, -0.2) is 38.7 Å². The Balaban J connectivity index is 1.52. The second-order valence-electron chi connectivity index (χ2n) is 6.42. The van der Waals surface area contributed by atoms with Gasteiger partial charge in [0.25, 0.3) is 0 Å². The Morgan fingerprint density at radius 2 is 2.12 bits per heavy atom. The molecule has 0 bridgehead atoms. The molecule has 7 nitrogen and oxygen atoms in total. The van der Waals surface area contributed by atoms with Crippen molar-refractivity contribution in [3.05, 3.63) is 48.5 Å². The topological polar surface area (TPSA) is 89.9 Å². The predicted octanol–water partition coefficient (Wildman–Crippen LogP) is 2.27. The monoisotopic (exact) mass is 368 g/mol. The van der Waals surface area contributed by atoms with Gasteiger partial charge in [-0.1, -0.05) is 41.7 Å². The Hall–Kier alpha value is -2.74. The van der Waals surface area contributed by atoms with Crippen molar-refractivity contribution in [3.63, 3.8) is 0 Å². The summed E-state index contributed by atoms with van der Waals surface area (Å²) in [4.78, 5) is 18.0. The van der Waals surface area contributed by atoms with Crippen molar-refractivity contribution in [2.24, 2.45) is 5.73 Å². The van der Waals surface area contributed by atoms with Crippen LogP contribution < -0.4 is 10.6 Å². The van der Waals surface area contributed by atoms with Gasteiger partial charge in [0.05, 0.1) is 0 Å². The van der Waals surface area contributed by atoms with Crippen molar-refractivity contribution in [1.29, 1.82) is 0 Å². The lowest BCUT2D eigenvalue weighted by Crippen LogP contribution is -2.35. The first kappa shape index (κ1) is 16.7. The Labute approximate surface area is 155 Å². The van der Waals surface area contributed by atoms with E-state index in [-0.39, 0.29) is 18.4 Å². The van der Waals surface area contributed by atoms with Gasteiger partial charge in [-0.25, -0.2) is 4.98 Å². The number of carbonyl (C=O) groups excluding carboxylic acids is 1. The molecule has 1 aromatic carbocycles. The summed E-state index contributed by atoms with van der Waals surface area (Å²) in [6.45, 7) is 1.94. The summed E-state index contributed by atoms with van der Waals surface area (Å²) in [7, 11) is 0. The van der Waals surface area contributed by atoms with Crippen LogP contribution in [0.5, 0.6) is 0 Å². The first-order valence-corrected chi connectivity index (χ1v) is 9.45. The van der Waals surface area contributed by atoms with E-state index < -0.39 is 0 Å². The molecule has 3 heterocycles. The van der Waals surface area contributed by atoms with Crippen LogP contribution in [0.1, 0.15) is 24.6 Å². The molecule has 1 atom stereocenters. The first-order chi connectivity index (χ1) is 12.7. The molecular weight excluding hydrogens is 348 g/mol. The molecule has 2 N–H and O–H groups in total. The molecule has 134 valence electrons. The number of imidazole rings is 1. The maximum atomic E-state index is 11.3. The van der Waals surface area contributed by atoms with Crippen LogP contribution in [-0.2, 0) is 11.3 Å². The lowest BCUT2D eigenvalue weighted by atomic mass is 9.97. The highest BCUT2D eigenvalue weighted by Gasteiger charge is 2.27. The zero-order valence-corrected chi connectivity index (χ0v) is 15.1. The van der Waals surface area contributed by atoms with Gasteiger partial charge >= 0.3 is 0 Å². The summed E-state index contributed by atoms with van der Waals surface area (Å²) < 4.78 is 1.85. The molecule has 1 aliphatic heterocycles. The van der Waals surface area contributed by atoms with Crippen LogP contribution >= 0.6 is 11.3 Å². The van der Waals surface area contributed by atoms with Crippen LogP contribution in [0.3, 0.4) is 0 Å². The number of hydrogen-bond acceptors (Lipinski definition) is 6. The van der Waals surface area contributed by atoms with Gasteiger partial charge in [-0.05, 0) is 12.8 Å². The lowest BCUT2D eigenvalue weighted by molar-refractivity contribution is -0.118. The zero-order valence-electron chi connectivity index (χ0n) is 14.3. The van der Waals surface area contributed by atoms with Crippen LogP contribution in [0.4, 0.5) is 5.13 Å². The molecule has 0 spiro atoms. The number of carbonyl (C=O) groups is 1. The molecule has 3 aromatic rings. The molecule has 0 aliphatic carbocycles. The maximum Gasteiger partial charge on any atom is 0.237 e. The van der Waals surface area contributed by atoms with Crippen molar-refractivity contribution in [3.8, 4) is 10.6 Å². The van der Waals surface area contributed by atoms with Crippen molar-refractivity contribution in [1.82, 2.24) is 19.7 Å². The van der Waals surface area contributed by atoms with Crippen LogP contribution in [0, 0.1) is 0 Å².